The van der Waals surface area contributed by atoms with E-state index < -0.39 is 0 Å². The summed E-state index contributed by atoms with van der Waals surface area (Å²) in [6.45, 7) is 0. The van der Waals surface area contributed by atoms with Gasteiger partial charge in [0.05, 0.1) is 25.6 Å². The number of halogens is 3. The zero-order chi connectivity index (χ0) is 19.1. The van der Waals surface area contributed by atoms with Crippen molar-refractivity contribution in [1.29, 1.82) is 0 Å². The van der Waals surface area contributed by atoms with Crippen LogP contribution in [0, 0.1) is 0 Å². The molecule has 2 aliphatic heterocycles. The van der Waals surface area contributed by atoms with Gasteiger partial charge in [-0.25, -0.2) is 25.0 Å². The Morgan fingerprint density at radius 3 is 1.56 bits per heavy atom. The minimum atomic E-state index is -0.207. The molecule has 0 radical (unpaired) electrons. The number of nitrogens with zero attached hydrogens (tertiary/aromatic N) is 5. The normalized spacial score (nSPS) is 21.3. The first-order valence-corrected chi connectivity index (χ1v) is 8.92. The predicted octanol–water partition coefficient (Wildman–Crippen LogP) is -6.57. The Morgan fingerprint density at radius 2 is 1.16 bits per heavy atom. The van der Waals surface area contributed by atoms with Crippen LogP contribution in [0.25, 0.3) is 0 Å². The van der Waals surface area contributed by atoms with Crippen LogP contribution in [0.2, 0.25) is 0 Å². The van der Waals surface area contributed by atoms with Gasteiger partial charge >= 0.3 is 16.8 Å². The Hall–Kier alpha value is -2.23. The molecule has 4 aliphatic rings. The van der Waals surface area contributed by atoms with Crippen molar-refractivity contribution in [2.45, 2.75) is 12.1 Å². The van der Waals surface area contributed by atoms with Crippen molar-refractivity contribution in [1.82, 2.24) is 4.98 Å². The van der Waals surface area contributed by atoms with Crippen molar-refractivity contribution in [2.24, 2.45) is 20.0 Å². The van der Waals surface area contributed by atoms with E-state index in [1.165, 1.54) is 0 Å². The van der Waals surface area contributed by atoms with Crippen LogP contribution in [0.4, 0.5) is 0 Å². The second kappa shape index (κ2) is 11.6. The zero-order valence-electron chi connectivity index (χ0n) is 16.9. The van der Waals surface area contributed by atoms with Gasteiger partial charge < -0.3 is 46.7 Å². The number of pyridine rings is 1. The van der Waals surface area contributed by atoms with Gasteiger partial charge in [0.2, 0.25) is 0 Å². The van der Waals surface area contributed by atoms with Crippen molar-refractivity contribution >= 4 is 23.1 Å². The first-order chi connectivity index (χ1) is 13.8. The summed E-state index contributed by atoms with van der Waals surface area (Å²) in [4.78, 5) is 23.3. The number of aliphatic imine (C=N–C) groups is 4. The van der Waals surface area contributed by atoms with Gasteiger partial charge in [0.25, 0.3) is 0 Å². The number of ether oxygens (including phenoxy) is 2. The summed E-state index contributed by atoms with van der Waals surface area (Å²) in [5.41, 5.74) is 3.07. The van der Waals surface area contributed by atoms with Gasteiger partial charge in [0.1, 0.15) is 22.9 Å². The molecule has 1 aromatic heterocycles. The monoisotopic (exact) mass is 535 g/mol. The molecule has 11 heteroatoms. The smallest absolute Gasteiger partial charge is 1.00 e. The van der Waals surface area contributed by atoms with E-state index in [-0.39, 0.29) is 66.1 Å². The number of aromatic nitrogens is 1. The number of fused-ring (bicyclic) bond motifs is 2. The number of amidine groups is 2. The number of hydrogen-bond acceptors (Lipinski definition) is 7. The maximum Gasteiger partial charge on any atom is 3.00 e. The predicted molar refractivity (Wildman–Crippen MR) is 108 cm³/mol. The molecular weight excluding hydrogens is 520 g/mol. The van der Waals surface area contributed by atoms with Gasteiger partial charge in [0, 0.05) is 0 Å². The summed E-state index contributed by atoms with van der Waals surface area (Å²) in [5.74, 6) is 2.71. The molecular formula is C21H17Cl3CoN5O2. The SMILES string of the molecule is COC1=CC=CC2=NC(c3cccc(C4=NC5C(OC)=CC=CC5=N4)n3)=NC12.[Cl-].[Cl-].[Cl-].[Co+3]. The van der Waals surface area contributed by atoms with Crippen molar-refractivity contribution in [2.75, 3.05) is 14.2 Å². The number of allylic oxidation sites excluding steroid dienone is 4. The number of methoxy groups -OCH3 is 2. The van der Waals surface area contributed by atoms with Crippen LogP contribution in [0.1, 0.15) is 11.4 Å². The Labute approximate surface area is 214 Å². The van der Waals surface area contributed by atoms with Gasteiger partial charge in [0.15, 0.2) is 23.8 Å². The van der Waals surface area contributed by atoms with E-state index in [1.807, 2.05) is 54.7 Å². The fraction of sp³-hybridized carbons (Fsp3) is 0.190. The summed E-state index contributed by atoms with van der Waals surface area (Å²) < 4.78 is 10.8. The zero-order valence-corrected chi connectivity index (χ0v) is 20.2. The molecule has 0 amide bonds. The van der Waals surface area contributed by atoms with E-state index in [0.717, 1.165) is 22.9 Å². The van der Waals surface area contributed by atoms with Crippen LogP contribution in [0.5, 0.6) is 0 Å². The molecule has 0 saturated heterocycles. The average Bonchev–Trinajstić information content (AvgIpc) is 3.37. The summed E-state index contributed by atoms with van der Waals surface area (Å²) in [6, 6.07) is 5.28. The second-order valence-electron chi connectivity index (χ2n) is 6.46. The third-order valence-corrected chi connectivity index (χ3v) is 4.81. The molecule has 0 saturated carbocycles. The van der Waals surface area contributed by atoms with Crippen LogP contribution < -0.4 is 37.2 Å². The van der Waals surface area contributed by atoms with E-state index in [1.54, 1.807) is 14.2 Å². The van der Waals surface area contributed by atoms with Crippen LogP contribution in [0.3, 0.4) is 0 Å². The first kappa shape index (κ1) is 27.8. The van der Waals surface area contributed by atoms with Crippen LogP contribution >= 0.6 is 0 Å². The Bertz CT molecular complexity index is 1040. The largest absolute Gasteiger partial charge is 3.00 e. The van der Waals surface area contributed by atoms with Gasteiger partial charge in [-0.05, 0) is 36.4 Å². The van der Waals surface area contributed by atoms with E-state index in [0.29, 0.717) is 23.1 Å². The van der Waals surface area contributed by atoms with Gasteiger partial charge in [-0.15, -0.1) is 0 Å². The topological polar surface area (TPSA) is 80.8 Å². The maximum absolute atomic E-state index is 5.41. The molecule has 168 valence electrons. The molecule has 0 aromatic carbocycles. The Balaban J connectivity index is 0.00000128. The van der Waals surface area contributed by atoms with Crippen molar-refractivity contribution in [3.8, 4) is 0 Å². The van der Waals surface area contributed by atoms with E-state index in [9.17, 15) is 0 Å². The molecule has 1 aromatic rings. The summed E-state index contributed by atoms with van der Waals surface area (Å²) in [6.07, 6.45) is 11.5. The number of hydrogen-bond donors (Lipinski definition) is 0. The fourth-order valence-corrected chi connectivity index (χ4v) is 3.43. The maximum atomic E-state index is 5.41. The molecule has 32 heavy (non-hydrogen) atoms. The quantitative estimate of drug-likeness (QED) is 0.384. The molecule has 0 N–H and O–H groups in total. The fourth-order valence-electron chi connectivity index (χ4n) is 3.43. The molecule has 2 atom stereocenters. The molecule has 0 spiro atoms. The minimum Gasteiger partial charge on any atom is -1.00 e. The van der Waals surface area contributed by atoms with Crippen molar-refractivity contribution < 1.29 is 63.5 Å². The van der Waals surface area contributed by atoms with Crippen LogP contribution in [-0.2, 0) is 26.3 Å². The number of rotatable bonds is 4. The molecule has 0 bridgehead atoms. The summed E-state index contributed by atoms with van der Waals surface area (Å²) in [7, 11) is 3.28. The van der Waals surface area contributed by atoms with Crippen LogP contribution in [0.15, 0.2) is 86.1 Å². The first-order valence-electron chi connectivity index (χ1n) is 8.92. The molecule has 0 fully saturated rings. The standard InChI is InChI=1S/C21H17N5O2.3ClH.Co/c1-27-16-10-4-6-12-18(16)25-20(23-12)14-8-3-9-15(22-14)21-24-13-7-5-11-17(28-2)19(13)26-21;;;;/h3-11,18-19H,1-2H3;3*1H;/q;;;;+3/p-3. The Kier molecular flexibility index (Phi) is 10.1. The molecule has 3 heterocycles. The second-order valence-corrected chi connectivity index (χ2v) is 6.46. The third kappa shape index (κ3) is 4.89. The van der Waals surface area contributed by atoms with Gasteiger partial charge in [-0.1, -0.05) is 18.2 Å². The van der Waals surface area contributed by atoms with E-state index in [4.69, 9.17) is 14.5 Å². The molecule has 5 rings (SSSR count). The molecule has 7 nitrogen and oxygen atoms in total. The third-order valence-electron chi connectivity index (χ3n) is 4.81. The molecule has 2 unspecified atom stereocenters. The minimum absolute atomic E-state index is 0. The van der Waals surface area contributed by atoms with E-state index in [2.05, 4.69) is 20.0 Å². The summed E-state index contributed by atoms with van der Waals surface area (Å²) >= 11 is 0. The van der Waals surface area contributed by atoms with Gasteiger partial charge in [-0.2, -0.15) is 0 Å². The van der Waals surface area contributed by atoms with Crippen LogP contribution in [-0.4, -0.2) is 54.4 Å². The Morgan fingerprint density at radius 1 is 0.719 bits per heavy atom. The van der Waals surface area contributed by atoms with Crippen molar-refractivity contribution in [3.05, 3.63) is 77.6 Å². The van der Waals surface area contributed by atoms with Crippen molar-refractivity contribution in [3.63, 3.8) is 0 Å². The summed E-state index contributed by atoms with van der Waals surface area (Å²) in [5, 5.41) is 0. The average molecular weight is 537 g/mol. The van der Waals surface area contributed by atoms with Gasteiger partial charge in [-0.3, -0.25) is 0 Å². The molecule has 2 aliphatic carbocycles. The van der Waals surface area contributed by atoms with E-state index >= 15 is 0 Å².